The number of alkyl halides is 1. The average Bonchev–Trinajstić information content (AvgIpc) is 3.30. The highest BCUT2D eigenvalue weighted by Crippen LogP contribution is 2.46. The summed E-state index contributed by atoms with van der Waals surface area (Å²) in [5, 5.41) is 0. The van der Waals surface area contributed by atoms with Gasteiger partial charge in [-0.05, 0) is 62.7 Å². The summed E-state index contributed by atoms with van der Waals surface area (Å²) in [7, 11) is 1.79. The number of ether oxygens (including phenoxy) is 1. The molecule has 2 aliphatic heterocycles. The summed E-state index contributed by atoms with van der Waals surface area (Å²) in [6.45, 7) is 4.64. The van der Waals surface area contributed by atoms with E-state index in [-0.39, 0.29) is 5.91 Å². The molecule has 0 radical (unpaired) electrons. The molecule has 1 atom stereocenters. The van der Waals surface area contributed by atoms with Crippen molar-refractivity contribution >= 4 is 5.91 Å². The topological polar surface area (TPSA) is 32.8 Å². The molecule has 0 aromatic carbocycles. The number of amides is 1. The quantitative estimate of drug-likeness (QED) is 0.772. The standard InChI is InChI=1S/C19H31FN2O2/c1-24-13-16-11-18(14-22(16)12-15-3-4-15)7-9-21(10-8-18)17(23)19(20)5-2-6-19/h15-16H,2-14H2,1H3. The van der Waals surface area contributed by atoms with Crippen molar-refractivity contribution in [2.24, 2.45) is 11.3 Å². The third-order valence-corrected chi connectivity index (χ3v) is 6.91. The van der Waals surface area contributed by atoms with E-state index in [4.69, 9.17) is 4.74 Å². The van der Waals surface area contributed by atoms with E-state index in [1.165, 1.54) is 25.8 Å². The van der Waals surface area contributed by atoms with Gasteiger partial charge in [0.25, 0.3) is 5.91 Å². The molecule has 4 fully saturated rings. The molecule has 2 heterocycles. The van der Waals surface area contributed by atoms with E-state index in [2.05, 4.69) is 4.90 Å². The summed E-state index contributed by atoms with van der Waals surface area (Å²) in [6, 6.07) is 0.525. The number of hydrogen-bond donors (Lipinski definition) is 0. The van der Waals surface area contributed by atoms with Crippen LogP contribution < -0.4 is 0 Å². The van der Waals surface area contributed by atoms with E-state index >= 15 is 0 Å². The van der Waals surface area contributed by atoms with Gasteiger partial charge in [-0.15, -0.1) is 0 Å². The van der Waals surface area contributed by atoms with Crippen LogP contribution in [0.15, 0.2) is 0 Å². The van der Waals surface area contributed by atoms with Crippen LogP contribution in [0.5, 0.6) is 0 Å². The first kappa shape index (κ1) is 16.8. The van der Waals surface area contributed by atoms with Gasteiger partial charge >= 0.3 is 0 Å². The summed E-state index contributed by atoms with van der Waals surface area (Å²) in [5.74, 6) is 0.663. The molecule has 0 aromatic rings. The summed E-state index contributed by atoms with van der Waals surface area (Å²) in [4.78, 5) is 16.9. The maximum absolute atomic E-state index is 14.4. The van der Waals surface area contributed by atoms with Gasteiger partial charge in [0.15, 0.2) is 5.67 Å². The SMILES string of the molecule is COCC1CC2(CCN(C(=O)C3(F)CCC3)CC2)CN1CC1CC1. The molecule has 0 N–H and O–H groups in total. The number of rotatable bonds is 5. The second-order valence-electron chi connectivity index (χ2n) is 8.80. The number of carbonyl (C=O) groups is 1. The van der Waals surface area contributed by atoms with Crippen molar-refractivity contribution in [2.45, 2.75) is 63.1 Å². The van der Waals surface area contributed by atoms with E-state index in [1.807, 2.05) is 0 Å². The number of likely N-dealkylation sites (tertiary alicyclic amines) is 2. The number of nitrogens with zero attached hydrogens (tertiary/aromatic N) is 2. The number of methoxy groups -OCH3 is 1. The molecule has 0 bridgehead atoms. The minimum absolute atomic E-state index is 0.232. The Kier molecular flexibility index (Phi) is 4.36. The van der Waals surface area contributed by atoms with Crippen molar-refractivity contribution in [3.05, 3.63) is 0 Å². The molecule has 0 aromatic heterocycles. The Hall–Kier alpha value is -0.680. The summed E-state index contributed by atoms with van der Waals surface area (Å²) < 4.78 is 19.9. The van der Waals surface area contributed by atoms with Crippen LogP contribution in [0.3, 0.4) is 0 Å². The van der Waals surface area contributed by atoms with E-state index in [0.29, 0.717) is 24.3 Å². The van der Waals surface area contributed by atoms with Crippen LogP contribution in [0.4, 0.5) is 4.39 Å². The first-order chi connectivity index (χ1) is 11.5. The van der Waals surface area contributed by atoms with Gasteiger partial charge < -0.3 is 9.64 Å². The maximum Gasteiger partial charge on any atom is 0.260 e. The van der Waals surface area contributed by atoms with Gasteiger partial charge in [-0.25, -0.2) is 4.39 Å². The molecule has 1 unspecified atom stereocenters. The lowest BCUT2D eigenvalue weighted by atomic mass is 9.75. The van der Waals surface area contributed by atoms with Gasteiger partial charge in [0, 0.05) is 39.3 Å². The highest BCUT2D eigenvalue weighted by molar-refractivity contribution is 5.86. The van der Waals surface area contributed by atoms with Gasteiger partial charge in [-0.1, -0.05) is 0 Å². The molecule has 2 saturated carbocycles. The van der Waals surface area contributed by atoms with Crippen LogP contribution in [0.2, 0.25) is 0 Å². The Morgan fingerprint density at radius 2 is 1.92 bits per heavy atom. The Balaban J connectivity index is 1.36. The molecule has 4 rings (SSSR count). The van der Waals surface area contributed by atoms with Crippen LogP contribution in [0.25, 0.3) is 0 Å². The van der Waals surface area contributed by atoms with Crippen molar-refractivity contribution < 1.29 is 13.9 Å². The Labute approximate surface area is 144 Å². The van der Waals surface area contributed by atoms with Crippen molar-refractivity contribution in [3.8, 4) is 0 Å². The monoisotopic (exact) mass is 338 g/mol. The normalized spacial score (nSPS) is 32.1. The van der Waals surface area contributed by atoms with Crippen LogP contribution >= 0.6 is 0 Å². The van der Waals surface area contributed by atoms with E-state index < -0.39 is 5.67 Å². The van der Waals surface area contributed by atoms with Crippen LogP contribution in [-0.2, 0) is 9.53 Å². The smallest absolute Gasteiger partial charge is 0.260 e. The van der Waals surface area contributed by atoms with Gasteiger partial charge in [-0.3, -0.25) is 9.69 Å². The predicted molar refractivity (Wildman–Crippen MR) is 90.5 cm³/mol. The Bertz CT molecular complexity index is 482. The van der Waals surface area contributed by atoms with Crippen LogP contribution in [0, 0.1) is 11.3 Å². The molecule has 1 amide bonds. The maximum atomic E-state index is 14.4. The molecule has 4 aliphatic rings. The molecule has 24 heavy (non-hydrogen) atoms. The highest BCUT2D eigenvalue weighted by atomic mass is 19.1. The van der Waals surface area contributed by atoms with E-state index in [9.17, 15) is 9.18 Å². The zero-order valence-corrected chi connectivity index (χ0v) is 14.9. The van der Waals surface area contributed by atoms with Gasteiger partial charge in [0.1, 0.15) is 0 Å². The zero-order chi connectivity index (χ0) is 16.8. The van der Waals surface area contributed by atoms with Gasteiger partial charge in [0.05, 0.1) is 6.61 Å². The number of hydrogen-bond acceptors (Lipinski definition) is 3. The minimum atomic E-state index is -1.53. The van der Waals surface area contributed by atoms with Gasteiger partial charge in [0.2, 0.25) is 0 Å². The summed E-state index contributed by atoms with van der Waals surface area (Å²) in [5.41, 5.74) is -1.21. The molecule has 136 valence electrons. The molecular weight excluding hydrogens is 307 g/mol. The lowest BCUT2D eigenvalue weighted by Crippen LogP contribution is -2.54. The highest BCUT2D eigenvalue weighted by Gasteiger charge is 2.51. The number of halogens is 1. The van der Waals surface area contributed by atoms with Crippen molar-refractivity contribution in [1.29, 1.82) is 0 Å². The van der Waals surface area contributed by atoms with E-state index in [0.717, 1.165) is 51.4 Å². The van der Waals surface area contributed by atoms with Crippen molar-refractivity contribution in [2.75, 3.05) is 39.9 Å². The number of carbonyl (C=O) groups excluding carboxylic acids is 1. The lowest BCUT2D eigenvalue weighted by Gasteiger charge is -2.43. The Morgan fingerprint density at radius 3 is 2.46 bits per heavy atom. The largest absolute Gasteiger partial charge is 0.383 e. The van der Waals surface area contributed by atoms with Crippen LogP contribution in [-0.4, -0.2) is 67.3 Å². The first-order valence-electron chi connectivity index (χ1n) is 9.75. The van der Waals surface area contributed by atoms with Gasteiger partial charge in [-0.2, -0.15) is 0 Å². The molecule has 5 heteroatoms. The lowest BCUT2D eigenvalue weighted by molar-refractivity contribution is -0.152. The third-order valence-electron chi connectivity index (χ3n) is 6.91. The zero-order valence-electron chi connectivity index (χ0n) is 14.9. The fourth-order valence-electron chi connectivity index (χ4n) is 4.99. The van der Waals surface area contributed by atoms with Crippen molar-refractivity contribution in [1.82, 2.24) is 9.80 Å². The Morgan fingerprint density at radius 1 is 1.21 bits per heavy atom. The second kappa shape index (κ2) is 6.24. The fraction of sp³-hybridized carbons (Fsp3) is 0.947. The fourth-order valence-corrected chi connectivity index (χ4v) is 4.99. The molecule has 2 saturated heterocycles. The molecule has 1 spiro atoms. The number of piperidine rings is 1. The molecule has 2 aliphatic carbocycles. The first-order valence-corrected chi connectivity index (χ1v) is 9.75. The van der Waals surface area contributed by atoms with Crippen LogP contribution in [0.1, 0.15) is 51.4 Å². The molecule has 4 nitrogen and oxygen atoms in total. The van der Waals surface area contributed by atoms with E-state index in [1.54, 1.807) is 12.0 Å². The summed E-state index contributed by atoms with van der Waals surface area (Å²) in [6.07, 6.45) is 7.70. The summed E-state index contributed by atoms with van der Waals surface area (Å²) >= 11 is 0. The average molecular weight is 338 g/mol. The second-order valence-corrected chi connectivity index (χ2v) is 8.80. The van der Waals surface area contributed by atoms with Crippen molar-refractivity contribution in [3.63, 3.8) is 0 Å². The predicted octanol–water partition coefficient (Wildman–Crippen LogP) is 2.62. The third kappa shape index (κ3) is 3.10. The minimum Gasteiger partial charge on any atom is -0.383 e. The molecular formula is C19H31FN2O2.